The van der Waals surface area contributed by atoms with Gasteiger partial charge in [0.1, 0.15) is 0 Å². The normalized spacial score (nSPS) is 12.6. The lowest BCUT2D eigenvalue weighted by molar-refractivity contribution is 0.141. The molecule has 0 aliphatic heterocycles. The van der Waals surface area contributed by atoms with E-state index in [1.165, 1.54) is 17.5 Å². The lowest BCUT2D eigenvalue weighted by atomic mass is 10.0. The van der Waals surface area contributed by atoms with Crippen molar-refractivity contribution >= 4 is 0 Å². The summed E-state index contributed by atoms with van der Waals surface area (Å²) >= 11 is 0. The van der Waals surface area contributed by atoms with Gasteiger partial charge in [-0.3, -0.25) is 0 Å². The van der Waals surface area contributed by atoms with Gasteiger partial charge in [0.05, 0.1) is 0 Å². The van der Waals surface area contributed by atoms with Gasteiger partial charge in [-0.25, -0.2) is 0 Å². The number of nitrogens with one attached hydrogen (secondary N) is 1. The highest BCUT2D eigenvalue weighted by Gasteiger charge is 2.06. The molecule has 1 unspecified atom stereocenters. The smallest absolute Gasteiger partial charge is 0.0466 e. The molecule has 1 aromatic carbocycles. The van der Waals surface area contributed by atoms with Gasteiger partial charge in [-0.15, -0.1) is 0 Å². The van der Waals surface area contributed by atoms with Crippen LogP contribution in [0.15, 0.2) is 24.3 Å². The van der Waals surface area contributed by atoms with Crippen molar-refractivity contribution in [3.8, 4) is 0 Å². The first-order chi connectivity index (χ1) is 8.26. The van der Waals surface area contributed by atoms with E-state index in [0.29, 0.717) is 6.04 Å². The standard InChI is InChI=1S/C15H25NO/c1-4-17-10-6-9-15(16-3)12-14-8-5-7-13(2)11-14/h5,7-8,11,15-16H,4,6,9-10,12H2,1-3H3. The second-order valence-electron chi connectivity index (χ2n) is 4.52. The molecule has 0 saturated heterocycles. The first kappa shape index (κ1) is 14.2. The van der Waals surface area contributed by atoms with E-state index in [2.05, 4.69) is 36.5 Å². The van der Waals surface area contributed by atoms with Crippen LogP contribution in [0, 0.1) is 6.92 Å². The van der Waals surface area contributed by atoms with Crippen molar-refractivity contribution in [2.45, 2.75) is 39.2 Å². The molecule has 17 heavy (non-hydrogen) atoms. The molecule has 0 spiro atoms. The van der Waals surface area contributed by atoms with E-state index in [-0.39, 0.29) is 0 Å². The molecular weight excluding hydrogens is 210 g/mol. The second-order valence-corrected chi connectivity index (χ2v) is 4.52. The highest BCUT2D eigenvalue weighted by molar-refractivity contribution is 5.22. The predicted octanol–water partition coefficient (Wildman–Crippen LogP) is 2.94. The number of aryl methyl sites for hydroxylation is 1. The topological polar surface area (TPSA) is 21.3 Å². The van der Waals surface area contributed by atoms with E-state index >= 15 is 0 Å². The van der Waals surface area contributed by atoms with Crippen LogP contribution in [0.3, 0.4) is 0 Å². The van der Waals surface area contributed by atoms with Crippen LogP contribution in [0.4, 0.5) is 0 Å². The first-order valence-corrected chi connectivity index (χ1v) is 6.56. The number of rotatable bonds is 8. The third-order valence-electron chi connectivity index (χ3n) is 3.02. The second kappa shape index (κ2) is 8.26. The maximum Gasteiger partial charge on any atom is 0.0466 e. The Balaban J connectivity index is 2.35. The fraction of sp³-hybridized carbons (Fsp3) is 0.600. The summed E-state index contributed by atoms with van der Waals surface area (Å²) in [5.74, 6) is 0. The predicted molar refractivity (Wildman–Crippen MR) is 73.5 cm³/mol. The van der Waals surface area contributed by atoms with Gasteiger partial charge in [0.2, 0.25) is 0 Å². The molecule has 0 saturated carbocycles. The molecule has 1 N–H and O–H groups in total. The van der Waals surface area contributed by atoms with Gasteiger partial charge in [0.25, 0.3) is 0 Å². The minimum Gasteiger partial charge on any atom is -0.382 e. The third kappa shape index (κ3) is 5.85. The number of likely N-dealkylation sites (N-methyl/N-ethyl adjacent to an activating group) is 1. The maximum atomic E-state index is 5.37. The summed E-state index contributed by atoms with van der Waals surface area (Å²) in [6.45, 7) is 5.89. The van der Waals surface area contributed by atoms with Gasteiger partial charge in [0.15, 0.2) is 0 Å². The van der Waals surface area contributed by atoms with Crippen LogP contribution in [0.5, 0.6) is 0 Å². The Morgan fingerprint density at radius 1 is 1.35 bits per heavy atom. The Bertz CT molecular complexity index is 312. The highest BCUT2D eigenvalue weighted by atomic mass is 16.5. The number of ether oxygens (including phenoxy) is 1. The minimum atomic E-state index is 0.553. The zero-order chi connectivity index (χ0) is 12.5. The lowest BCUT2D eigenvalue weighted by Gasteiger charge is -2.16. The van der Waals surface area contributed by atoms with Crippen molar-refractivity contribution in [1.82, 2.24) is 5.32 Å². The van der Waals surface area contributed by atoms with Crippen LogP contribution in [-0.4, -0.2) is 26.3 Å². The molecule has 0 fully saturated rings. The SMILES string of the molecule is CCOCCCC(Cc1cccc(C)c1)NC. The van der Waals surface area contributed by atoms with Crippen LogP contribution >= 0.6 is 0 Å². The quantitative estimate of drug-likeness (QED) is 0.700. The molecule has 2 nitrogen and oxygen atoms in total. The van der Waals surface area contributed by atoms with E-state index in [4.69, 9.17) is 4.74 Å². The van der Waals surface area contributed by atoms with Crippen LogP contribution in [0.25, 0.3) is 0 Å². The van der Waals surface area contributed by atoms with Crippen LogP contribution in [0.1, 0.15) is 30.9 Å². The molecule has 0 aromatic heterocycles. The van der Waals surface area contributed by atoms with Crippen molar-refractivity contribution in [1.29, 1.82) is 0 Å². The fourth-order valence-electron chi connectivity index (χ4n) is 2.05. The van der Waals surface area contributed by atoms with Gasteiger partial charge in [-0.05, 0) is 45.7 Å². The van der Waals surface area contributed by atoms with Crippen molar-refractivity contribution in [2.75, 3.05) is 20.3 Å². The summed E-state index contributed by atoms with van der Waals surface area (Å²) < 4.78 is 5.37. The van der Waals surface area contributed by atoms with E-state index in [1.54, 1.807) is 0 Å². The Morgan fingerprint density at radius 3 is 2.82 bits per heavy atom. The first-order valence-electron chi connectivity index (χ1n) is 6.56. The van der Waals surface area contributed by atoms with Crippen molar-refractivity contribution < 1.29 is 4.74 Å². The van der Waals surface area contributed by atoms with Crippen LogP contribution < -0.4 is 5.32 Å². The summed E-state index contributed by atoms with van der Waals surface area (Å²) in [4.78, 5) is 0. The highest BCUT2D eigenvalue weighted by Crippen LogP contribution is 2.09. The van der Waals surface area contributed by atoms with Crippen LogP contribution in [-0.2, 0) is 11.2 Å². The molecular formula is C15H25NO. The molecule has 0 bridgehead atoms. The van der Waals surface area contributed by atoms with E-state index in [9.17, 15) is 0 Å². The van der Waals surface area contributed by atoms with E-state index in [0.717, 1.165) is 26.1 Å². The molecule has 0 aliphatic rings. The summed E-state index contributed by atoms with van der Waals surface area (Å²) in [7, 11) is 2.04. The zero-order valence-electron chi connectivity index (χ0n) is 11.3. The minimum absolute atomic E-state index is 0.553. The monoisotopic (exact) mass is 235 g/mol. The molecule has 1 aromatic rings. The van der Waals surface area contributed by atoms with Crippen molar-refractivity contribution in [2.24, 2.45) is 0 Å². The Labute approximate surface area is 105 Å². The number of benzene rings is 1. The molecule has 96 valence electrons. The van der Waals surface area contributed by atoms with E-state index in [1.807, 2.05) is 14.0 Å². The summed E-state index contributed by atoms with van der Waals surface area (Å²) in [6, 6.07) is 9.31. The molecule has 0 amide bonds. The average Bonchev–Trinajstić information content (AvgIpc) is 2.33. The summed E-state index contributed by atoms with van der Waals surface area (Å²) in [5.41, 5.74) is 2.76. The van der Waals surface area contributed by atoms with Gasteiger partial charge < -0.3 is 10.1 Å². The largest absolute Gasteiger partial charge is 0.382 e. The molecule has 2 heteroatoms. The van der Waals surface area contributed by atoms with Crippen molar-refractivity contribution in [3.05, 3.63) is 35.4 Å². The average molecular weight is 235 g/mol. The molecule has 1 atom stereocenters. The molecule has 0 aliphatic carbocycles. The van der Waals surface area contributed by atoms with Crippen LogP contribution in [0.2, 0.25) is 0 Å². The Morgan fingerprint density at radius 2 is 2.18 bits per heavy atom. The Kier molecular flexibility index (Phi) is 6.90. The van der Waals surface area contributed by atoms with Gasteiger partial charge in [-0.1, -0.05) is 29.8 Å². The number of hydrogen-bond acceptors (Lipinski definition) is 2. The zero-order valence-corrected chi connectivity index (χ0v) is 11.3. The Hall–Kier alpha value is -0.860. The summed E-state index contributed by atoms with van der Waals surface area (Å²) in [6.07, 6.45) is 3.40. The fourth-order valence-corrected chi connectivity index (χ4v) is 2.05. The molecule has 1 rings (SSSR count). The summed E-state index contributed by atoms with van der Waals surface area (Å²) in [5, 5.41) is 3.39. The maximum absolute atomic E-state index is 5.37. The van der Waals surface area contributed by atoms with Gasteiger partial charge >= 0.3 is 0 Å². The van der Waals surface area contributed by atoms with E-state index < -0.39 is 0 Å². The van der Waals surface area contributed by atoms with Crippen molar-refractivity contribution in [3.63, 3.8) is 0 Å². The lowest BCUT2D eigenvalue weighted by Crippen LogP contribution is -2.27. The number of hydrogen-bond donors (Lipinski definition) is 1. The van der Waals surface area contributed by atoms with Gasteiger partial charge in [0, 0.05) is 19.3 Å². The van der Waals surface area contributed by atoms with Gasteiger partial charge in [-0.2, -0.15) is 0 Å². The molecule has 0 heterocycles. The third-order valence-corrected chi connectivity index (χ3v) is 3.02. The molecule has 0 radical (unpaired) electrons.